The summed E-state index contributed by atoms with van der Waals surface area (Å²) in [5, 5.41) is 22.6. The Morgan fingerprint density at radius 3 is 2.17 bits per heavy atom. The number of phenols is 2. The quantitative estimate of drug-likeness (QED) is 0.446. The zero-order valence-corrected chi connectivity index (χ0v) is 15.5. The third kappa shape index (κ3) is 2.39. The lowest BCUT2D eigenvalue weighted by Crippen LogP contribution is -2.33. The molecule has 0 radical (unpaired) electrons. The van der Waals surface area contributed by atoms with Crippen molar-refractivity contribution in [1.82, 2.24) is 0 Å². The van der Waals surface area contributed by atoms with Gasteiger partial charge in [0, 0.05) is 34.5 Å². The highest BCUT2D eigenvalue weighted by Gasteiger charge is 2.53. The standard InChI is InChI=1S/C23H15NO6/c1-2-21(27)24-12-3-6-15-18(9-12)23(30-22(15)28)16-7-4-13(25)10-19(16)29-20-11-14(26)5-8-17(20)23/h2-11,25-26H,1H2,(H,24,27). The number of nitrogens with one attached hydrogen (secondary N) is 1. The summed E-state index contributed by atoms with van der Waals surface area (Å²) in [5.41, 5.74) is 0.966. The molecule has 0 fully saturated rings. The second-order valence-electron chi connectivity index (χ2n) is 6.99. The number of aromatic hydroxyl groups is 2. The van der Waals surface area contributed by atoms with E-state index in [0.717, 1.165) is 6.08 Å². The number of ether oxygens (including phenoxy) is 2. The largest absolute Gasteiger partial charge is 0.508 e. The predicted octanol–water partition coefficient (Wildman–Crippen LogP) is 3.79. The Kier molecular flexibility index (Phi) is 3.63. The maximum absolute atomic E-state index is 12.8. The van der Waals surface area contributed by atoms with Crippen molar-refractivity contribution in [3.63, 3.8) is 0 Å². The molecule has 0 unspecified atom stereocenters. The molecule has 3 aromatic carbocycles. The van der Waals surface area contributed by atoms with Crippen LogP contribution in [0.3, 0.4) is 0 Å². The van der Waals surface area contributed by atoms with Crippen LogP contribution in [0, 0.1) is 0 Å². The lowest BCUT2D eigenvalue weighted by Gasteiger charge is -2.36. The number of anilines is 1. The third-order valence-corrected chi connectivity index (χ3v) is 5.23. The molecule has 0 bridgehead atoms. The first-order valence-corrected chi connectivity index (χ1v) is 9.08. The summed E-state index contributed by atoms with van der Waals surface area (Å²) in [4.78, 5) is 24.6. The van der Waals surface area contributed by atoms with Crippen molar-refractivity contribution in [2.45, 2.75) is 5.60 Å². The van der Waals surface area contributed by atoms with Gasteiger partial charge in [-0.25, -0.2) is 4.79 Å². The number of benzene rings is 3. The molecule has 0 atom stereocenters. The number of hydrogen-bond donors (Lipinski definition) is 3. The number of amides is 1. The molecule has 3 aromatic rings. The summed E-state index contributed by atoms with van der Waals surface area (Å²) in [6.07, 6.45) is 1.15. The Hall–Kier alpha value is -4.26. The van der Waals surface area contributed by atoms with Gasteiger partial charge < -0.3 is 25.0 Å². The van der Waals surface area contributed by atoms with Gasteiger partial charge in [-0.3, -0.25) is 4.79 Å². The zero-order chi connectivity index (χ0) is 21.0. The van der Waals surface area contributed by atoms with Crippen molar-refractivity contribution in [1.29, 1.82) is 0 Å². The number of fused-ring (bicyclic) bond motifs is 6. The number of esters is 1. The maximum Gasteiger partial charge on any atom is 0.340 e. The van der Waals surface area contributed by atoms with Crippen molar-refractivity contribution in [3.05, 3.63) is 89.5 Å². The van der Waals surface area contributed by atoms with Crippen LogP contribution in [0.2, 0.25) is 0 Å². The number of phenolic OH excluding ortho intramolecular Hbond substituents is 2. The summed E-state index contributed by atoms with van der Waals surface area (Å²) < 4.78 is 11.9. The lowest BCUT2D eigenvalue weighted by atomic mass is 9.77. The van der Waals surface area contributed by atoms with Gasteiger partial charge in [-0.2, -0.15) is 0 Å². The van der Waals surface area contributed by atoms with Crippen molar-refractivity contribution in [2.24, 2.45) is 0 Å². The molecule has 2 aliphatic heterocycles. The van der Waals surface area contributed by atoms with Gasteiger partial charge in [-0.05, 0) is 48.5 Å². The molecule has 0 aliphatic carbocycles. The van der Waals surface area contributed by atoms with Crippen LogP contribution in [0.5, 0.6) is 23.0 Å². The molecule has 7 heteroatoms. The molecule has 30 heavy (non-hydrogen) atoms. The summed E-state index contributed by atoms with van der Waals surface area (Å²) in [5.74, 6) is -0.403. The van der Waals surface area contributed by atoms with Crippen LogP contribution in [-0.2, 0) is 15.1 Å². The molecule has 2 aliphatic rings. The van der Waals surface area contributed by atoms with Crippen molar-refractivity contribution in [2.75, 3.05) is 5.32 Å². The normalized spacial score (nSPS) is 14.7. The van der Waals surface area contributed by atoms with Crippen molar-refractivity contribution in [3.8, 4) is 23.0 Å². The molecular weight excluding hydrogens is 386 g/mol. The SMILES string of the molecule is C=CC(=O)Nc1ccc2c(c1)C1(OC2=O)c2ccc(O)cc2Oc2cc(O)ccc21. The number of carbonyl (C=O) groups is 2. The van der Waals surface area contributed by atoms with E-state index in [1.54, 1.807) is 30.3 Å². The van der Waals surface area contributed by atoms with Crippen LogP contribution >= 0.6 is 0 Å². The van der Waals surface area contributed by atoms with Gasteiger partial charge in [0.2, 0.25) is 5.91 Å². The number of rotatable bonds is 2. The molecule has 1 amide bonds. The van der Waals surface area contributed by atoms with Crippen LogP contribution in [0.15, 0.2) is 67.3 Å². The van der Waals surface area contributed by atoms with E-state index >= 15 is 0 Å². The molecule has 7 nitrogen and oxygen atoms in total. The molecule has 0 saturated heterocycles. The van der Waals surface area contributed by atoms with Gasteiger partial charge in [-0.15, -0.1) is 0 Å². The molecule has 1 spiro atoms. The Balaban J connectivity index is 1.82. The van der Waals surface area contributed by atoms with E-state index in [1.807, 2.05) is 0 Å². The number of hydrogen-bond acceptors (Lipinski definition) is 6. The Morgan fingerprint density at radius 1 is 0.933 bits per heavy atom. The third-order valence-electron chi connectivity index (χ3n) is 5.23. The van der Waals surface area contributed by atoms with E-state index in [9.17, 15) is 19.8 Å². The molecule has 5 rings (SSSR count). The lowest BCUT2D eigenvalue weighted by molar-refractivity contribution is -0.111. The van der Waals surface area contributed by atoms with Crippen LogP contribution in [0.25, 0.3) is 0 Å². The molecule has 3 N–H and O–H groups in total. The monoisotopic (exact) mass is 401 g/mol. The smallest absolute Gasteiger partial charge is 0.340 e. The first-order valence-electron chi connectivity index (χ1n) is 9.08. The van der Waals surface area contributed by atoms with E-state index in [2.05, 4.69) is 11.9 Å². The Labute approximate surface area is 170 Å². The minimum absolute atomic E-state index is 0.0240. The van der Waals surface area contributed by atoms with Crippen LogP contribution < -0.4 is 10.1 Å². The van der Waals surface area contributed by atoms with Crippen LogP contribution in [-0.4, -0.2) is 22.1 Å². The van der Waals surface area contributed by atoms with E-state index < -0.39 is 17.5 Å². The first kappa shape index (κ1) is 17.8. The summed E-state index contributed by atoms with van der Waals surface area (Å²) >= 11 is 0. The summed E-state index contributed by atoms with van der Waals surface area (Å²) in [6.45, 7) is 3.45. The highest BCUT2D eigenvalue weighted by atomic mass is 16.6. The summed E-state index contributed by atoms with van der Waals surface area (Å²) in [7, 11) is 0. The minimum atomic E-state index is -1.37. The fraction of sp³-hybridized carbons (Fsp3) is 0.0435. The van der Waals surface area contributed by atoms with E-state index in [0.29, 0.717) is 27.9 Å². The second-order valence-corrected chi connectivity index (χ2v) is 6.99. The van der Waals surface area contributed by atoms with Gasteiger partial charge >= 0.3 is 5.97 Å². The average Bonchev–Trinajstić information content (AvgIpc) is 3.00. The van der Waals surface area contributed by atoms with Gasteiger partial charge in [-0.1, -0.05) is 6.58 Å². The highest BCUT2D eigenvalue weighted by Crippen LogP contribution is 2.57. The maximum atomic E-state index is 12.8. The van der Waals surface area contributed by atoms with E-state index in [1.165, 1.54) is 24.3 Å². The summed E-state index contributed by atoms with van der Waals surface area (Å²) in [6, 6.07) is 13.9. The molecular formula is C23H15NO6. The average molecular weight is 401 g/mol. The van der Waals surface area contributed by atoms with E-state index in [4.69, 9.17) is 9.47 Å². The Bertz CT molecular complexity index is 1210. The predicted molar refractivity (Wildman–Crippen MR) is 107 cm³/mol. The molecule has 0 aromatic heterocycles. The highest BCUT2D eigenvalue weighted by molar-refractivity contribution is 6.01. The topological polar surface area (TPSA) is 105 Å². The zero-order valence-electron chi connectivity index (χ0n) is 15.5. The van der Waals surface area contributed by atoms with Gasteiger partial charge in [0.25, 0.3) is 0 Å². The fourth-order valence-corrected chi connectivity index (χ4v) is 3.97. The fourth-order valence-electron chi connectivity index (χ4n) is 3.97. The van der Waals surface area contributed by atoms with Crippen molar-refractivity contribution < 1.29 is 29.3 Å². The van der Waals surface area contributed by atoms with Gasteiger partial charge in [0.1, 0.15) is 23.0 Å². The van der Waals surface area contributed by atoms with Gasteiger partial charge in [0.05, 0.1) is 5.56 Å². The first-order chi connectivity index (χ1) is 14.4. The van der Waals surface area contributed by atoms with E-state index in [-0.39, 0.29) is 23.0 Å². The van der Waals surface area contributed by atoms with Gasteiger partial charge in [0.15, 0.2) is 5.60 Å². The van der Waals surface area contributed by atoms with Crippen LogP contribution in [0.1, 0.15) is 27.0 Å². The van der Waals surface area contributed by atoms with Crippen LogP contribution in [0.4, 0.5) is 5.69 Å². The Morgan fingerprint density at radius 2 is 1.57 bits per heavy atom. The minimum Gasteiger partial charge on any atom is -0.508 e. The molecule has 2 heterocycles. The second kappa shape index (κ2) is 6.12. The molecule has 148 valence electrons. The number of carbonyl (C=O) groups excluding carboxylic acids is 2. The molecule has 0 saturated carbocycles. The van der Waals surface area contributed by atoms with Crippen molar-refractivity contribution >= 4 is 17.6 Å².